The highest BCUT2D eigenvalue weighted by Gasteiger charge is 2.17. The number of carbonyl (C=O) groups excluding carboxylic acids is 1. The summed E-state index contributed by atoms with van der Waals surface area (Å²) in [6.45, 7) is 5.84. The summed E-state index contributed by atoms with van der Waals surface area (Å²) in [5.74, 6) is 0.540. The third-order valence-electron chi connectivity index (χ3n) is 3.22. The highest BCUT2D eigenvalue weighted by Crippen LogP contribution is 2.14. The number of benzene rings is 1. The van der Waals surface area contributed by atoms with Gasteiger partial charge in [-0.3, -0.25) is 4.79 Å². The van der Waals surface area contributed by atoms with Gasteiger partial charge in [0.1, 0.15) is 5.75 Å². The Hall–Kier alpha value is -2.02. The van der Waals surface area contributed by atoms with Crippen molar-refractivity contribution in [2.24, 2.45) is 0 Å². The Morgan fingerprint density at radius 2 is 1.90 bits per heavy atom. The van der Waals surface area contributed by atoms with Crippen molar-refractivity contribution in [3.8, 4) is 11.8 Å². The van der Waals surface area contributed by atoms with E-state index < -0.39 is 6.10 Å². The predicted molar refractivity (Wildman–Crippen MR) is 78.4 cm³/mol. The molecule has 1 unspecified atom stereocenters. The zero-order chi connectivity index (χ0) is 15.0. The first-order valence-electron chi connectivity index (χ1n) is 7.03. The first-order chi connectivity index (χ1) is 9.60. The number of hydrogen-bond acceptors (Lipinski definition) is 3. The Kier molecular flexibility index (Phi) is 6.58. The Morgan fingerprint density at radius 1 is 1.30 bits per heavy atom. The second-order valence-corrected chi connectivity index (χ2v) is 4.76. The van der Waals surface area contributed by atoms with Crippen molar-refractivity contribution in [3.05, 3.63) is 29.8 Å². The molecule has 4 heteroatoms. The van der Waals surface area contributed by atoms with Crippen molar-refractivity contribution in [3.63, 3.8) is 0 Å². The molecule has 0 bridgehead atoms. The summed E-state index contributed by atoms with van der Waals surface area (Å²) in [5, 5.41) is 11.6. The van der Waals surface area contributed by atoms with Crippen LogP contribution in [0.5, 0.6) is 5.75 Å². The average Bonchev–Trinajstić information content (AvgIpc) is 2.46. The number of nitriles is 1. The van der Waals surface area contributed by atoms with Gasteiger partial charge in [0, 0.05) is 6.04 Å². The third-order valence-corrected chi connectivity index (χ3v) is 3.22. The van der Waals surface area contributed by atoms with Gasteiger partial charge in [0.05, 0.1) is 12.5 Å². The molecule has 0 fully saturated rings. The zero-order valence-corrected chi connectivity index (χ0v) is 12.3. The molecule has 0 saturated heterocycles. The van der Waals surface area contributed by atoms with Crippen LogP contribution in [-0.2, 0) is 11.2 Å². The van der Waals surface area contributed by atoms with Gasteiger partial charge in [-0.1, -0.05) is 26.0 Å². The van der Waals surface area contributed by atoms with E-state index in [1.807, 2.05) is 26.0 Å². The fourth-order valence-corrected chi connectivity index (χ4v) is 1.85. The second-order valence-electron chi connectivity index (χ2n) is 4.76. The quantitative estimate of drug-likeness (QED) is 0.831. The Labute approximate surface area is 120 Å². The van der Waals surface area contributed by atoms with Gasteiger partial charge in [0.2, 0.25) is 0 Å². The smallest absolute Gasteiger partial charge is 0.260 e. The van der Waals surface area contributed by atoms with Crippen molar-refractivity contribution in [1.82, 2.24) is 5.32 Å². The number of ether oxygens (including phenoxy) is 1. The first kappa shape index (κ1) is 16.0. The molecule has 1 aromatic carbocycles. The van der Waals surface area contributed by atoms with Crippen LogP contribution in [0.3, 0.4) is 0 Å². The molecule has 20 heavy (non-hydrogen) atoms. The molecule has 0 saturated carbocycles. The largest absolute Gasteiger partial charge is 0.481 e. The summed E-state index contributed by atoms with van der Waals surface area (Å²) in [6.07, 6.45) is 1.68. The minimum atomic E-state index is -0.530. The van der Waals surface area contributed by atoms with Crippen molar-refractivity contribution in [2.45, 2.75) is 52.2 Å². The van der Waals surface area contributed by atoms with Gasteiger partial charge in [-0.05, 0) is 37.5 Å². The summed E-state index contributed by atoms with van der Waals surface area (Å²) in [5.41, 5.74) is 0.939. The van der Waals surface area contributed by atoms with Crippen LogP contribution < -0.4 is 10.1 Å². The SMILES string of the molecule is CCC(CC)NC(=O)C(C)Oc1ccc(CC#N)cc1. The summed E-state index contributed by atoms with van der Waals surface area (Å²) in [4.78, 5) is 12.0. The maximum absolute atomic E-state index is 12.0. The minimum absolute atomic E-state index is 0.0974. The summed E-state index contributed by atoms with van der Waals surface area (Å²) in [7, 11) is 0. The van der Waals surface area contributed by atoms with E-state index in [1.54, 1.807) is 19.1 Å². The molecule has 0 heterocycles. The lowest BCUT2D eigenvalue weighted by Gasteiger charge is -2.19. The maximum atomic E-state index is 12.0. The topological polar surface area (TPSA) is 62.1 Å². The van der Waals surface area contributed by atoms with Gasteiger partial charge in [-0.15, -0.1) is 0 Å². The minimum Gasteiger partial charge on any atom is -0.481 e. The molecular weight excluding hydrogens is 252 g/mol. The van der Waals surface area contributed by atoms with Gasteiger partial charge < -0.3 is 10.1 Å². The van der Waals surface area contributed by atoms with Crippen molar-refractivity contribution >= 4 is 5.91 Å². The first-order valence-corrected chi connectivity index (χ1v) is 7.03. The third kappa shape index (κ3) is 4.93. The number of nitrogens with zero attached hydrogens (tertiary/aromatic N) is 1. The predicted octanol–water partition coefficient (Wildman–Crippen LogP) is 2.82. The number of carbonyl (C=O) groups is 1. The summed E-state index contributed by atoms with van der Waals surface area (Å²) < 4.78 is 5.60. The van der Waals surface area contributed by atoms with Crippen LogP contribution in [0.25, 0.3) is 0 Å². The van der Waals surface area contributed by atoms with Crippen LogP contribution in [0.4, 0.5) is 0 Å². The Balaban J connectivity index is 2.54. The molecular formula is C16H22N2O2. The molecule has 0 radical (unpaired) electrons. The highest BCUT2D eigenvalue weighted by molar-refractivity contribution is 5.81. The molecule has 0 aliphatic rings. The maximum Gasteiger partial charge on any atom is 0.260 e. The van der Waals surface area contributed by atoms with Gasteiger partial charge in [0.25, 0.3) is 5.91 Å². The zero-order valence-electron chi connectivity index (χ0n) is 12.3. The van der Waals surface area contributed by atoms with E-state index in [1.165, 1.54) is 0 Å². The van der Waals surface area contributed by atoms with E-state index in [0.29, 0.717) is 12.2 Å². The van der Waals surface area contributed by atoms with Crippen LogP contribution in [0.2, 0.25) is 0 Å². The van der Waals surface area contributed by atoms with Gasteiger partial charge in [0.15, 0.2) is 6.10 Å². The molecule has 1 aromatic rings. The molecule has 1 atom stereocenters. The fraction of sp³-hybridized carbons (Fsp3) is 0.500. The van der Waals surface area contributed by atoms with Gasteiger partial charge in [-0.2, -0.15) is 5.26 Å². The molecule has 0 aromatic heterocycles. The van der Waals surface area contributed by atoms with Crippen LogP contribution in [0.1, 0.15) is 39.2 Å². The Morgan fingerprint density at radius 3 is 2.40 bits per heavy atom. The summed E-state index contributed by atoms with van der Waals surface area (Å²) in [6, 6.07) is 9.54. The van der Waals surface area contributed by atoms with E-state index in [0.717, 1.165) is 18.4 Å². The van der Waals surface area contributed by atoms with E-state index >= 15 is 0 Å². The van der Waals surface area contributed by atoms with Crippen molar-refractivity contribution in [1.29, 1.82) is 5.26 Å². The van der Waals surface area contributed by atoms with E-state index in [4.69, 9.17) is 10.00 Å². The molecule has 0 aliphatic carbocycles. The van der Waals surface area contributed by atoms with Crippen LogP contribution >= 0.6 is 0 Å². The average molecular weight is 274 g/mol. The number of amides is 1. The van der Waals surface area contributed by atoms with Gasteiger partial charge >= 0.3 is 0 Å². The standard InChI is InChI=1S/C16H22N2O2/c1-4-14(5-2)18-16(19)12(3)20-15-8-6-13(7-9-15)10-11-17/h6-9,12,14H,4-5,10H2,1-3H3,(H,18,19). The molecule has 1 N–H and O–H groups in total. The number of rotatable bonds is 7. The van der Waals surface area contributed by atoms with E-state index in [2.05, 4.69) is 11.4 Å². The number of nitrogens with one attached hydrogen (secondary N) is 1. The van der Waals surface area contributed by atoms with E-state index in [-0.39, 0.29) is 11.9 Å². The summed E-state index contributed by atoms with van der Waals surface area (Å²) >= 11 is 0. The molecule has 108 valence electrons. The normalized spacial score (nSPS) is 11.8. The molecule has 0 spiro atoms. The monoisotopic (exact) mass is 274 g/mol. The lowest BCUT2D eigenvalue weighted by Crippen LogP contribution is -2.42. The molecule has 4 nitrogen and oxygen atoms in total. The van der Waals surface area contributed by atoms with Crippen LogP contribution in [0, 0.1) is 11.3 Å². The molecule has 1 rings (SSSR count). The van der Waals surface area contributed by atoms with Crippen molar-refractivity contribution in [2.75, 3.05) is 0 Å². The number of hydrogen-bond donors (Lipinski definition) is 1. The lowest BCUT2D eigenvalue weighted by molar-refractivity contribution is -0.128. The fourth-order valence-electron chi connectivity index (χ4n) is 1.85. The molecule has 1 amide bonds. The van der Waals surface area contributed by atoms with Crippen LogP contribution in [-0.4, -0.2) is 18.1 Å². The molecule has 0 aliphatic heterocycles. The van der Waals surface area contributed by atoms with E-state index in [9.17, 15) is 4.79 Å². The lowest BCUT2D eigenvalue weighted by atomic mass is 10.1. The Bertz CT molecular complexity index is 458. The second kappa shape index (κ2) is 8.21. The van der Waals surface area contributed by atoms with Gasteiger partial charge in [-0.25, -0.2) is 0 Å². The van der Waals surface area contributed by atoms with Crippen molar-refractivity contribution < 1.29 is 9.53 Å². The van der Waals surface area contributed by atoms with Crippen LogP contribution in [0.15, 0.2) is 24.3 Å². The highest BCUT2D eigenvalue weighted by atomic mass is 16.5.